The van der Waals surface area contributed by atoms with E-state index in [0.29, 0.717) is 0 Å². The topological polar surface area (TPSA) is 15.8 Å². The molecule has 1 aromatic carbocycles. The normalized spacial score (nSPS) is 11.3. The molecule has 1 heterocycles. The number of hydrogen-bond acceptors (Lipinski definition) is 0. The molecule has 20 heavy (non-hydrogen) atoms. The molecule has 0 atom stereocenters. The lowest BCUT2D eigenvalue weighted by molar-refractivity contribution is 0.574. The summed E-state index contributed by atoms with van der Waals surface area (Å²) in [5, 5.41) is 1.31. The van der Waals surface area contributed by atoms with Gasteiger partial charge in [0.25, 0.3) is 0 Å². The van der Waals surface area contributed by atoms with Crippen molar-refractivity contribution in [3.63, 3.8) is 0 Å². The Bertz CT molecular complexity index is 515. The second kappa shape index (κ2) is 8.51. The number of H-pyrrole nitrogens is 1. The van der Waals surface area contributed by atoms with E-state index in [4.69, 9.17) is 0 Å². The van der Waals surface area contributed by atoms with E-state index >= 15 is 0 Å². The first-order chi connectivity index (χ1) is 9.79. The van der Waals surface area contributed by atoms with E-state index < -0.39 is 0 Å². The highest BCUT2D eigenvalue weighted by atomic mass is 79.9. The Labute approximate surface area is 131 Å². The van der Waals surface area contributed by atoms with Crippen LogP contribution in [-0.4, -0.2) is 4.98 Å². The van der Waals surface area contributed by atoms with Crippen molar-refractivity contribution >= 4 is 26.8 Å². The molecule has 0 bridgehead atoms. The molecule has 2 rings (SSSR count). The average molecular weight is 336 g/mol. The standard InChI is InChI=1S/C18H26BrN/c1-2-3-4-5-6-7-8-9-10-17-14-15-13-16(19)11-12-18(15)20-17/h11-14,20H,2-10H2,1H3. The zero-order valence-electron chi connectivity index (χ0n) is 12.6. The third-order valence-corrected chi connectivity index (χ3v) is 4.43. The van der Waals surface area contributed by atoms with Crippen LogP contribution in [0.25, 0.3) is 10.9 Å². The van der Waals surface area contributed by atoms with E-state index in [1.165, 1.54) is 74.4 Å². The molecule has 0 saturated carbocycles. The molecule has 0 aliphatic carbocycles. The van der Waals surface area contributed by atoms with Crippen LogP contribution in [0.1, 0.15) is 64.0 Å². The summed E-state index contributed by atoms with van der Waals surface area (Å²) in [4.78, 5) is 3.52. The number of rotatable bonds is 9. The number of aryl methyl sites for hydroxylation is 1. The van der Waals surface area contributed by atoms with Gasteiger partial charge in [-0.1, -0.05) is 67.8 Å². The number of unbranched alkanes of at least 4 members (excludes halogenated alkanes) is 7. The maximum Gasteiger partial charge on any atom is 0.0456 e. The van der Waals surface area contributed by atoms with Crippen molar-refractivity contribution < 1.29 is 0 Å². The first-order valence-electron chi connectivity index (χ1n) is 8.07. The molecule has 1 N–H and O–H groups in total. The van der Waals surface area contributed by atoms with Gasteiger partial charge in [0.2, 0.25) is 0 Å². The van der Waals surface area contributed by atoms with Crippen LogP contribution in [-0.2, 0) is 6.42 Å². The van der Waals surface area contributed by atoms with Crippen LogP contribution >= 0.6 is 15.9 Å². The van der Waals surface area contributed by atoms with Crippen LogP contribution in [0.15, 0.2) is 28.7 Å². The van der Waals surface area contributed by atoms with Gasteiger partial charge in [-0.05, 0) is 37.1 Å². The smallest absolute Gasteiger partial charge is 0.0456 e. The molecule has 1 nitrogen and oxygen atoms in total. The van der Waals surface area contributed by atoms with Crippen LogP contribution in [0, 0.1) is 0 Å². The van der Waals surface area contributed by atoms with E-state index in [1.54, 1.807) is 0 Å². The monoisotopic (exact) mass is 335 g/mol. The minimum absolute atomic E-state index is 1.16. The lowest BCUT2D eigenvalue weighted by Crippen LogP contribution is -1.86. The molecule has 0 saturated heterocycles. The number of aromatic nitrogens is 1. The largest absolute Gasteiger partial charge is 0.358 e. The molecule has 1 aromatic heterocycles. The van der Waals surface area contributed by atoms with Gasteiger partial charge in [-0.25, -0.2) is 0 Å². The molecule has 0 spiro atoms. The van der Waals surface area contributed by atoms with Crippen molar-refractivity contribution in [3.05, 3.63) is 34.4 Å². The maximum atomic E-state index is 3.53. The number of halogens is 1. The molecule has 0 aliphatic rings. The SMILES string of the molecule is CCCCCCCCCCc1cc2cc(Br)ccc2[nH]1. The fourth-order valence-electron chi connectivity index (χ4n) is 2.75. The van der Waals surface area contributed by atoms with E-state index in [2.05, 4.69) is 52.1 Å². The first kappa shape index (κ1) is 15.6. The highest BCUT2D eigenvalue weighted by Crippen LogP contribution is 2.21. The zero-order valence-corrected chi connectivity index (χ0v) is 14.1. The molecule has 2 aromatic rings. The number of benzene rings is 1. The highest BCUT2D eigenvalue weighted by molar-refractivity contribution is 9.10. The number of fused-ring (bicyclic) bond motifs is 1. The Balaban J connectivity index is 1.65. The first-order valence-corrected chi connectivity index (χ1v) is 8.86. The second-order valence-corrected chi connectivity index (χ2v) is 6.67. The summed E-state index contributed by atoms with van der Waals surface area (Å²) < 4.78 is 1.16. The van der Waals surface area contributed by atoms with Gasteiger partial charge < -0.3 is 4.98 Å². The van der Waals surface area contributed by atoms with Crippen LogP contribution in [0.4, 0.5) is 0 Å². The molecule has 0 radical (unpaired) electrons. The minimum Gasteiger partial charge on any atom is -0.358 e. The quantitative estimate of drug-likeness (QED) is 0.496. The third kappa shape index (κ3) is 4.97. The van der Waals surface area contributed by atoms with E-state index in [-0.39, 0.29) is 0 Å². The van der Waals surface area contributed by atoms with Crippen LogP contribution in [0.3, 0.4) is 0 Å². The van der Waals surface area contributed by atoms with Gasteiger partial charge >= 0.3 is 0 Å². The number of nitrogens with one attached hydrogen (secondary N) is 1. The highest BCUT2D eigenvalue weighted by Gasteiger charge is 2.01. The van der Waals surface area contributed by atoms with Gasteiger partial charge in [0.1, 0.15) is 0 Å². The summed E-state index contributed by atoms with van der Waals surface area (Å²) in [5.41, 5.74) is 2.63. The lowest BCUT2D eigenvalue weighted by Gasteiger charge is -2.01. The summed E-state index contributed by atoms with van der Waals surface area (Å²) >= 11 is 3.53. The second-order valence-electron chi connectivity index (χ2n) is 5.75. The predicted octanol–water partition coefficient (Wildman–Crippen LogP) is 6.61. The van der Waals surface area contributed by atoms with Gasteiger partial charge in [0.05, 0.1) is 0 Å². The maximum absolute atomic E-state index is 3.53. The van der Waals surface area contributed by atoms with Crippen molar-refractivity contribution in [2.75, 3.05) is 0 Å². The summed E-state index contributed by atoms with van der Waals surface area (Å²) in [5.74, 6) is 0. The molecule has 2 heteroatoms. The van der Waals surface area contributed by atoms with Crippen molar-refractivity contribution in [2.24, 2.45) is 0 Å². The molecular formula is C18H26BrN. The molecule has 0 unspecified atom stereocenters. The molecule has 0 aliphatic heterocycles. The third-order valence-electron chi connectivity index (χ3n) is 3.94. The molecular weight excluding hydrogens is 310 g/mol. The van der Waals surface area contributed by atoms with Crippen molar-refractivity contribution in [3.8, 4) is 0 Å². The van der Waals surface area contributed by atoms with Crippen molar-refractivity contribution in [1.29, 1.82) is 0 Å². The summed E-state index contributed by atoms with van der Waals surface area (Å²) in [7, 11) is 0. The van der Waals surface area contributed by atoms with E-state index in [9.17, 15) is 0 Å². The molecule has 110 valence electrons. The number of aromatic amines is 1. The number of hydrogen-bond donors (Lipinski definition) is 1. The zero-order chi connectivity index (χ0) is 14.2. The average Bonchev–Trinajstić information content (AvgIpc) is 2.83. The lowest BCUT2D eigenvalue weighted by atomic mass is 10.1. The summed E-state index contributed by atoms with van der Waals surface area (Å²) in [6, 6.07) is 8.72. The minimum atomic E-state index is 1.16. The van der Waals surface area contributed by atoms with Crippen molar-refractivity contribution in [1.82, 2.24) is 4.98 Å². The van der Waals surface area contributed by atoms with Gasteiger partial charge in [0, 0.05) is 21.1 Å². The summed E-state index contributed by atoms with van der Waals surface area (Å²) in [6.45, 7) is 2.28. The van der Waals surface area contributed by atoms with Crippen LogP contribution < -0.4 is 0 Å². The Morgan fingerprint density at radius 3 is 2.35 bits per heavy atom. The van der Waals surface area contributed by atoms with Gasteiger partial charge in [-0.2, -0.15) is 0 Å². The van der Waals surface area contributed by atoms with E-state index in [0.717, 1.165) is 4.47 Å². The Morgan fingerprint density at radius 2 is 1.60 bits per heavy atom. The summed E-state index contributed by atoms with van der Waals surface area (Å²) in [6.07, 6.45) is 12.3. The van der Waals surface area contributed by atoms with Gasteiger partial charge in [-0.3, -0.25) is 0 Å². The molecule has 0 fully saturated rings. The van der Waals surface area contributed by atoms with Crippen LogP contribution in [0.5, 0.6) is 0 Å². The Morgan fingerprint density at radius 1 is 0.900 bits per heavy atom. The van der Waals surface area contributed by atoms with Crippen molar-refractivity contribution in [2.45, 2.75) is 64.7 Å². The van der Waals surface area contributed by atoms with Gasteiger partial charge in [0.15, 0.2) is 0 Å². The van der Waals surface area contributed by atoms with Gasteiger partial charge in [-0.15, -0.1) is 0 Å². The molecule has 0 amide bonds. The Kier molecular flexibility index (Phi) is 6.65. The van der Waals surface area contributed by atoms with E-state index in [1.807, 2.05) is 0 Å². The fourth-order valence-corrected chi connectivity index (χ4v) is 3.13. The van der Waals surface area contributed by atoms with Crippen LogP contribution in [0.2, 0.25) is 0 Å². The predicted molar refractivity (Wildman–Crippen MR) is 92.3 cm³/mol. The fraction of sp³-hybridized carbons (Fsp3) is 0.556. The Hall–Kier alpha value is -0.760.